The van der Waals surface area contributed by atoms with Crippen LogP contribution in [0.25, 0.3) is 0 Å². The predicted molar refractivity (Wildman–Crippen MR) is 332 cm³/mol. The summed E-state index contributed by atoms with van der Waals surface area (Å²) in [5, 5.41) is 1.53. The fourth-order valence-electron chi connectivity index (χ4n) is 10.1. The third kappa shape index (κ3) is 21.4. The van der Waals surface area contributed by atoms with E-state index in [1.54, 1.807) is 6.21 Å². The average Bonchev–Trinajstić information content (AvgIpc) is 3.32. The number of hydrogen-bond donors (Lipinski definition) is 2. The molecule has 0 saturated carbocycles. The summed E-state index contributed by atoms with van der Waals surface area (Å²) < 4.78 is 16.6. The number of thiocarbonyl (C=S) groups is 2. The standard InChI is InChI=1S/C22H35N3O2S.C21H31N3O2S.C19H31N3O2/c1-15-9-18(11-20(28)12-23)17(3)19(10-15)14-24-7-8-25(16(2)13-24)21(26)27-22(4,5)6;1-15-11-18(17(3)19(12-15)22-7-10-27)14-23-8-9-24(16(2)13-23)20(25)26-21(4,5)6;1-13-9-16(15(3)17(20)10-13)12-21-7-8-22(14(2)11-21)18(23)24-19(4,5)6/h9-10,16H,7-8,11-14,23H2,1-6H3;7,10-12,16H,8-9,13-14H2,1-6H3;9-10,14H,7-8,11-12,20H2,1-6H3/t2*16-;14-/m000/s1. The number of hydrogen-bond acceptors (Lipinski definition) is 14. The van der Waals surface area contributed by atoms with Crippen LogP contribution in [0.2, 0.25) is 0 Å². The van der Waals surface area contributed by atoms with E-state index in [-0.39, 0.29) is 36.4 Å². The van der Waals surface area contributed by atoms with E-state index in [9.17, 15) is 14.4 Å². The van der Waals surface area contributed by atoms with E-state index < -0.39 is 16.8 Å². The van der Waals surface area contributed by atoms with Gasteiger partial charge in [-0.05, 0) is 187 Å². The van der Waals surface area contributed by atoms with Gasteiger partial charge >= 0.3 is 18.3 Å². The lowest BCUT2D eigenvalue weighted by atomic mass is 9.95. The number of aryl methyl sites for hydroxylation is 3. The largest absolute Gasteiger partial charge is 0.444 e. The molecular formula is C62H97N9O6S2. The summed E-state index contributed by atoms with van der Waals surface area (Å²) in [5.74, 6) is 0. The number of rotatable bonds is 11. The van der Waals surface area contributed by atoms with E-state index >= 15 is 0 Å². The molecule has 0 aliphatic carbocycles. The highest BCUT2D eigenvalue weighted by molar-refractivity contribution is 7.80. The average molecular weight is 1130 g/mol. The minimum absolute atomic E-state index is 0.117. The Hall–Kier alpha value is -5.04. The molecule has 3 atom stereocenters. The minimum Gasteiger partial charge on any atom is -0.444 e. The highest BCUT2D eigenvalue weighted by Crippen LogP contribution is 2.28. The van der Waals surface area contributed by atoms with Crippen LogP contribution in [0.4, 0.5) is 25.8 Å². The first-order valence-corrected chi connectivity index (χ1v) is 29.0. The summed E-state index contributed by atoms with van der Waals surface area (Å²) in [6.45, 7) is 46.1. The Morgan fingerprint density at radius 2 is 0.899 bits per heavy atom. The smallest absolute Gasteiger partial charge is 0.410 e. The van der Waals surface area contributed by atoms with Gasteiger partial charge < -0.3 is 40.4 Å². The SMILES string of the molecule is Cc1cc(CC(=S)CN)c(C)c(CN2CCN(C(=O)OC(C)(C)C)[C@@H](C)C2)c1.Cc1cc(CN2CCN(C(=O)OC(C)(C)C)[C@@H](C)C2)c(C)c(N=CC=S)c1.Cc1cc(N)c(C)c(CN2CCN(C(=O)OC(C)(C)C)[C@@H](C)C2)c1. The van der Waals surface area contributed by atoms with Crippen LogP contribution in [-0.2, 0) is 40.3 Å². The zero-order valence-corrected chi connectivity index (χ0v) is 52.9. The number of ether oxygens (including phenoxy) is 3. The first kappa shape index (κ1) is 66.5. The van der Waals surface area contributed by atoms with Gasteiger partial charge in [-0.3, -0.25) is 19.7 Å². The molecule has 79 heavy (non-hydrogen) atoms. The Morgan fingerprint density at radius 1 is 0.557 bits per heavy atom. The molecule has 3 fully saturated rings. The fourth-order valence-corrected chi connectivity index (χ4v) is 10.3. The summed E-state index contributed by atoms with van der Waals surface area (Å²) in [6, 6.07) is 13.4. The van der Waals surface area contributed by atoms with Crippen molar-refractivity contribution in [1.82, 2.24) is 29.4 Å². The number of aliphatic imine (C=N–C) groups is 1. The van der Waals surface area contributed by atoms with Crippen LogP contribution in [0.15, 0.2) is 41.4 Å². The molecule has 3 aromatic rings. The number of carbonyl (C=O) groups excluding carboxylic acids is 3. The van der Waals surface area contributed by atoms with E-state index in [4.69, 9.17) is 50.1 Å². The molecule has 3 heterocycles. The van der Waals surface area contributed by atoms with Crippen molar-refractivity contribution in [1.29, 1.82) is 0 Å². The maximum absolute atomic E-state index is 12.4. The van der Waals surface area contributed by atoms with Crippen molar-refractivity contribution >= 4 is 70.5 Å². The molecule has 0 unspecified atom stereocenters. The number of benzene rings is 3. The minimum atomic E-state index is -0.466. The second-order valence-corrected chi connectivity index (χ2v) is 25.9. The van der Waals surface area contributed by atoms with Crippen LogP contribution in [0.5, 0.6) is 0 Å². The van der Waals surface area contributed by atoms with Gasteiger partial charge in [0.2, 0.25) is 0 Å². The van der Waals surface area contributed by atoms with Gasteiger partial charge in [-0.15, -0.1) is 0 Å². The zero-order chi connectivity index (χ0) is 59.3. The van der Waals surface area contributed by atoms with Gasteiger partial charge in [-0.25, -0.2) is 14.4 Å². The molecule has 3 aliphatic rings. The predicted octanol–water partition coefficient (Wildman–Crippen LogP) is 11.4. The topological polar surface area (TPSA) is 163 Å². The summed E-state index contributed by atoms with van der Waals surface area (Å²) in [4.78, 5) is 55.2. The van der Waals surface area contributed by atoms with Gasteiger partial charge in [0.15, 0.2) is 0 Å². The lowest BCUT2D eigenvalue weighted by Crippen LogP contribution is -2.54. The Labute approximate surface area is 485 Å². The van der Waals surface area contributed by atoms with Crippen LogP contribution in [0.1, 0.15) is 139 Å². The van der Waals surface area contributed by atoms with Crippen LogP contribution >= 0.6 is 24.4 Å². The number of anilines is 1. The van der Waals surface area contributed by atoms with Crippen LogP contribution in [0, 0.1) is 41.5 Å². The van der Waals surface area contributed by atoms with Crippen molar-refractivity contribution < 1.29 is 28.6 Å². The number of nitrogens with zero attached hydrogens (tertiary/aromatic N) is 7. The Balaban J connectivity index is 0.000000256. The number of piperazine rings is 3. The molecule has 0 bridgehead atoms. The molecule has 3 amide bonds. The van der Waals surface area contributed by atoms with Crippen molar-refractivity contribution in [3.63, 3.8) is 0 Å². The first-order chi connectivity index (χ1) is 36.7. The number of amides is 3. The van der Waals surface area contributed by atoms with E-state index in [0.29, 0.717) is 26.2 Å². The van der Waals surface area contributed by atoms with E-state index in [0.717, 1.165) is 87.1 Å². The molecule has 15 nitrogen and oxygen atoms in total. The highest BCUT2D eigenvalue weighted by atomic mass is 32.1. The van der Waals surface area contributed by atoms with Crippen molar-refractivity contribution in [2.75, 3.05) is 71.2 Å². The molecule has 4 N–H and O–H groups in total. The second-order valence-electron chi connectivity index (χ2n) is 25.0. The van der Waals surface area contributed by atoms with Crippen molar-refractivity contribution in [2.45, 2.75) is 186 Å². The monoisotopic (exact) mass is 1130 g/mol. The van der Waals surface area contributed by atoms with Gasteiger partial charge in [-0.2, -0.15) is 0 Å². The van der Waals surface area contributed by atoms with Crippen molar-refractivity contribution in [2.24, 2.45) is 10.7 Å². The molecule has 0 spiro atoms. The van der Waals surface area contributed by atoms with Crippen molar-refractivity contribution in [3.05, 3.63) is 92.0 Å². The van der Waals surface area contributed by atoms with Gasteiger partial charge in [0.1, 0.15) is 16.8 Å². The van der Waals surface area contributed by atoms with Crippen LogP contribution in [-0.4, -0.2) is 165 Å². The summed E-state index contributed by atoms with van der Waals surface area (Å²) in [7, 11) is 0. The zero-order valence-electron chi connectivity index (χ0n) is 51.3. The molecule has 3 aliphatic heterocycles. The Kier molecular flexibility index (Phi) is 24.5. The number of nitrogen functional groups attached to an aromatic ring is 1. The van der Waals surface area contributed by atoms with E-state index in [1.807, 2.05) is 83.1 Å². The molecule has 3 aromatic carbocycles. The maximum atomic E-state index is 12.4. The van der Waals surface area contributed by atoms with Crippen LogP contribution < -0.4 is 11.5 Å². The third-order valence-corrected chi connectivity index (χ3v) is 14.6. The molecule has 6 rings (SSSR count). The molecule has 0 aromatic heterocycles. The molecule has 3 saturated heterocycles. The van der Waals surface area contributed by atoms with Crippen molar-refractivity contribution in [3.8, 4) is 0 Å². The molecule has 0 radical (unpaired) electrons. The van der Waals surface area contributed by atoms with Gasteiger partial charge in [0.25, 0.3) is 0 Å². The lowest BCUT2D eigenvalue weighted by Gasteiger charge is -2.40. The maximum Gasteiger partial charge on any atom is 0.410 e. The van der Waals surface area contributed by atoms with Gasteiger partial charge in [0, 0.05) is 132 Å². The summed E-state index contributed by atoms with van der Waals surface area (Å²) in [6.07, 6.45) is 1.75. The Bertz CT molecular complexity index is 2620. The van der Waals surface area contributed by atoms with E-state index in [1.165, 1.54) is 55.4 Å². The lowest BCUT2D eigenvalue weighted by molar-refractivity contribution is -0.000446. The molecular weight excluding hydrogens is 1030 g/mol. The quantitative estimate of drug-likeness (QED) is 0.0808. The third-order valence-electron chi connectivity index (χ3n) is 14.2. The number of nitrogens with two attached hydrogens (primary N) is 2. The molecule has 17 heteroatoms. The number of carbonyl (C=O) groups is 3. The Morgan fingerprint density at radius 3 is 1.25 bits per heavy atom. The van der Waals surface area contributed by atoms with Crippen LogP contribution in [0.3, 0.4) is 0 Å². The summed E-state index contributed by atoms with van der Waals surface area (Å²) >= 11 is 10.2. The van der Waals surface area contributed by atoms with E-state index in [2.05, 4.69) is 112 Å². The van der Waals surface area contributed by atoms with Gasteiger partial charge in [0.05, 0.1) is 5.69 Å². The highest BCUT2D eigenvalue weighted by Gasteiger charge is 2.34. The fraction of sp³-hybridized carbons (Fsp3) is 0.613. The normalized spacial score (nSPS) is 18.8. The molecule has 438 valence electrons. The summed E-state index contributed by atoms with van der Waals surface area (Å²) in [5.41, 5.74) is 24.6. The second kappa shape index (κ2) is 29.1. The first-order valence-electron chi connectivity index (χ1n) is 28.1. The van der Waals surface area contributed by atoms with Gasteiger partial charge in [-0.1, -0.05) is 54.3 Å².